The number of rotatable bonds is 9. The molecule has 2 aromatic carbocycles. The number of ether oxygens (including phenoxy) is 3. The number of aromatic nitrogens is 1. The highest BCUT2D eigenvalue weighted by atomic mass is 32.1. The van der Waals surface area contributed by atoms with E-state index in [4.69, 9.17) is 26.4 Å². The molecule has 0 unspecified atom stereocenters. The minimum Gasteiger partial charge on any atom is -0.495 e. The van der Waals surface area contributed by atoms with Gasteiger partial charge in [0.05, 0.1) is 39.2 Å². The quantitative estimate of drug-likeness (QED) is 0.436. The first-order valence-electron chi connectivity index (χ1n) is 11.8. The fraction of sp³-hybridized carbons (Fsp3) is 0.385. The van der Waals surface area contributed by atoms with Crippen LogP contribution in [0.25, 0.3) is 10.9 Å². The molecule has 0 atom stereocenters. The molecule has 0 spiro atoms. The highest BCUT2D eigenvalue weighted by Gasteiger charge is 2.18. The number of benzene rings is 2. The van der Waals surface area contributed by atoms with Crippen LogP contribution >= 0.6 is 12.2 Å². The van der Waals surface area contributed by atoms with Gasteiger partial charge in [-0.25, -0.2) is 0 Å². The molecule has 0 radical (unpaired) electrons. The van der Waals surface area contributed by atoms with Crippen molar-refractivity contribution in [3.8, 4) is 11.5 Å². The number of pyridine rings is 1. The second kappa shape index (κ2) is 12.0. The number of hydrogen-bond acceptors (Lipinski definition) is 6. The van der Waals surface area contributed by atoms with Gasteiger partial charge in [-0.1, -0.05) is 12.1 Å². The summed E-state index contributed by atoms with van der Waals surface area (Å²) >= 11 is 5.81. The lowest BCUT2D eigenvalue weighted by Gasteiger charge is -2.31. The van der Waals surface area contributed by atoms with Crippen molar-refractivity contribution in [3.63, 3.8) is 0 Å². The predicted molar refractivity (Wildman–Crippen MR) is 143 cm³/mol. The Morgan fingerprint density at radius 3 is 2.77 bits per heavy atom. The molecule has 8 nitrogen and oxygen atoms in total. The number of methoxy groups -OCH3 is 1. The monoisotopic (exact) mass is 496 g/mol. The summed E-state index contributed by atoms with van der Waals surface area (Å²) in [5, 5.41) is 4.76. The van der Waals surface area contributed by atoms with E-state index in [-0.39, 0.29) is 5.56 Å². The first kappa shape index (κ1) is 25.0. The van der Waals surface area contributed by atoms with E-state index >= 15 is 0 Å². The first-order valence-corrected chi connectivity index (χ1v) is 12.3. The fourth-order valence-electron chi connectivity index (χ4n) is 4.09. The molecule has 0 saturated carbocycles. The highest BCUT2D eigenvalue weighted by molar-refractivity contribution is 7.80. The number of nitrogens with one attached hydrogen (secondary N) is 2. The number of fused-ring (bicyclic) bond motifs is 1. The Morgan fingerprint density at radius 2 is 2.00 bits per heavy atom. The van der Waals surface area contributed by atoms with E-state index in [0.29, 0.717) is 36.1 Å². The molecule has 2 heterocycles. The molecule has 9 heteroatoms. The highest BCUT2D eigenvalue weighted by Crippen LogP contribution is 2.24. The van der Waals surface area contributed by atoms with Gasteiger partial charge in [0.1, 0.15) is 11.5 Å². The zero-order valence-electron chi connectivity index (χ0n) is 20.2. The normalized spacial score (nSPS) is 14.0. The average molecular weight is 497 g/mol. The number of thiocarbonyl (C=S) groups is 1. The third kappa shape index (κ3) is 6.50. The van der Waals surface area contributed by atoms with Crippen LogP contribution in [-0.2, 0) is 11.3 Å². The van der Waals surface area contributed by atoms with Crippen LogP contribution in [0.3, 0.4) is 0 Å². The van der Waals surface area contributed by atoms with Crippen LogP contribution in [-0.4, -0.2) is 73.0 Å². The second-order valence-electron chi connectivity index (χ2n) is 8.31. The molecule has 3 aromatic rings. The second-order valence-corrected chi connectivity index (χ2v) is 8.70. The topological polar surface area (TPSA) is 79.1 Å². The molecule has 0 bridgehead atoms. The van der Waals surface area contributed by atoms with Gasteiger partial charge in [0.15, 0.2) is 5.11 Å². The van der Waals surface area contributed by atoms with Gasteiger partial charge in [0, 0.05) is 42.6 Å². The van der Waals surface area contributed by atoms with Crippen LogP contribution in [0.5, 0.6) is 11.5 Å². The van der Waals surface area contributed by atoms with E-state index in [2.05, 4.69) is 15.2 Å². The third-order valence-electron chi connectivity index (χ3n) is 5.99. The van der Waals surface area contributed by atoms with Gasteiger partial charge in [0.2, 0.25) is 0 Å². The molecule has 1 aromatic heterocycles. The van der Waals surface area contributed by atoms with Crippen LogP contribution in [0.4, 0.5) is 5.69 Å². The average Bonchev–Trinajstić information content (AvgIpc) is 2.88. The Balaban J connectivity index is 1.58. The van der Waals surface area contributed by atoms with Gasteiger partial charge in [-0.05, 0) is 55.5 Å². The zero-order valence-corrected chi connectivity index (χ0v) is 21.0. The molecule has 1 fully saturated rings. The van der Waals surface area contributed by atoms with E-state index in [9.17, 15) is 4.79 Å². The number of morpholine rings is 1. The maximum Gasteiger partial charge on any atom is 0.253 e. The summed E-state index contributed by atoms with van der Waals surface area (Å²) in [6.45, 7) is 7.62. The van der Waals surface area contributed by atoms with Gasteiger partial charge >= 0.3 is 0 Å². The van der Waals surface area contributed by atoms with Crippen molar-refractivity contribution in [1.29, 1.82) is 0 Å². The van der Waals surface area contributed by atoms with Crippen molar-refractivity contribution < 1.29 is 14.2 Å². The molecule has 1 aliphatic heterocycles. The van der Waals surface area contributed by atoms with Crippen molar-refractivity contribution in [2.75, 3.05) is 58.4 Å². The molecule has 186 valence electrons. The van der Waals surface area contributed by atoms with Gasteiger partial charge in [-0.2, -0.15) is 0 Å². The third-order valence-corrected chi connectivity index (χ3v) is 6.35. The number of nitrogens with zero attached hydrogens (tertiary/aromatic N) is 2. The van der Waals surface area contributed by atoms with Crippen LogP contribution in [0.15, 0.2) is 53.3 Å². The van der Waals surface area contributed by atoms with Gasteiger partial charge in [-0.3, -0.25) is 9.69 Å². The molecule has 2 N–H and O–H groups in total. The lowest BCUT2D eigenvalue weighted by Crippen LogP contribution is -2.44. The molecule has 35 heavy (non-hydrogen) atoms. The van der Waals surface area contributed by atoms with Crippen molar-refractivity contribution in [2.45, 2.75) is 13.5 Å². The lowest BCUT2D eigenvalue weighted by atomic mass is 10.1. The summed E-state index contributed by atoms with van der Waals surface area (Å²) in [6.07, 6.45) is 0. The van der Waals surface area contributed by atoms with E-state index < -0.39 is 0 Å². The van der Waals surface area contributed by atoms with Crippen molar-refractivity contribution >= 4 is 33.9 Å². The van der Waals surface area contributed by atoms with Crippen molar-refractivity contribution in [2.24, 2.45) is 0 Å². The smallest absolute Gasteiger partial charge is 0.253 e. The minimum atomic E-state index is -0.127. The van der Waals surface area contributed by atoms with Crippen LogP contribution in [0, 0.1) is 0 Å². The maximum absolute atomic E-state index is 12.9. The zero-order chi connectivity index (χ0) is 24.6. The number of anilines is 1. The SMILES string of the molecule is CCOc1ccc2[nH]c(=O)c(CN(CCN3CCOCC3)C(=S)Nc3ccccc3OC)cc2c1. The summed E-state index contributed by atoms with van der Waals surface area (Å²) < 4.78 is 16.6. The Bertz CT molecular complexity index is 1210. The molecule has 0 amide bonds. The minimum absolute atomic E-state index is 0.127. The lowest BCUT2D eigenvalue weighted by molar-refractivity contribution is 0.0358. The van der Waals surface area contributed by atoms with E-state index in [1.54, 1.807) is 7.11 Å². The predicted octanol–water partition coefficient (Wildman–Crippen LogP) is 3.47. The Labute approximate surface area is 210 Å². The fourth-order valence-corrected chi connectivity index (χ4v) is 4.36. The van der Waals surface area contributed by atoms with Crippen LogP contribution < -0.4 is 20.3 Å². The Hall–Kier alpha value is -3.14. The Kier molecular flexibility index (Phi) is 8.57. The van der Waals surface area contributed by atoms with Crippen molar-refractivity contribution in [3.05, 3.63) is 64.4 Å². The molecular weight excluding hydrogens is 464 g/mol. The van der Waals surface area contributed by atoms with E-state index in [1.807, 2.05) is 60.4 Å². The molecule has 1 aliphatic rings. The van der Waals surface area contributed by atoms with E-state index in [1.165, 1.54) is 0 Å². The number of H-pyrrole nitrogens is 1. The summed E-state index contributed by atoms with van der Waals surface area (Å²) in [6, 6.07) is 15.2. The molecule has 0 aliphatic carbocycles. The first-order chi connectivity index (χ1) is 17.1. The summed E-state index contributed by atoms with van der Waals surface area (Å²) in [5.41, 5.74) is 2.07. The van der Waals surface area contributed by atoms with E-state index in [0.717, 1.165) is 55.2 Å². The number of aromatic amines is 1. The van der Waals surface area contributed by atoms with Crippen molar-refractivity contribution in [1.82, 2.24) is 14.8 Å². The summed E-state index contributed by atoms with van der Waals surface area (Å²) in [5.74, 6) is 1.48. The Morgan fingerprint density at radius 1 is 1.20 bits per heavy atom. The van der Waals surface area contributed by atoms with Crippen LogP contribution in [0.1, 0.15) is 12.5 Å². The largest absolute Gasteiger partial charge is 0.495 e. The summed E-state index contributed by atoms with van der Waals surface area (Å²) in [4.78, 5) is 20.3. The number of para-hydroxylation sites is 2. The number of hydrogen-bond donors (Lipinski definition) is 2. The summed E-state index contributed by atoms with van der Waals surface area (Å²) in [7, 11) is 1.63. The molecular formula is C26H32N4O4S. The van der Waals surface area contributed by atoms with Gasteiger partial charge in [0.25, 0.3) is 5.56 Å². The molecule has 1 saturated heterocycles. The van der Waals surface area contributed by atoms with Gasteiger partial charge < -0.3 is 29.4 Å². The standard InChI is InChI=1S/C26H32N4O4S/c1-3-34-21-8-9-22-19(17-21)16-20(25(31)27-22)18-30(11-10-29-12-14-33-15-13-29)26(35)28-23-6-4-5-7-24(23)32-2/h4-9,16-17H,3,10-15,18H2,1-2H3,(H,27,31)(H,28,35). The maximum atomic E-state index is 12.9. The van der Waals surface area contributed by atoms with Gasteiger partial charge in [-0.15, -0.1) is 0 Å². The molecule has 4 rings (SSSR count). The van der Waals surface area contributed by atoms with Crippen LogP contribution in [0.2, 0.25) is 0 Å².